The summed E-state index contributed by atoms with van der Waals surface area (Å²) in [5.41, 5.74) is 0.693. The van der Waals surface area contributed by atoms with Gasteiger partial charge in [0.2, 0.25) is 29.5 Å². The maximum absolute atomic E-state index is 14.5. The topological polar surface area (TPSA) is 518 Å². The zero-order chi connectivity index (χ0) is 72.0. The molecule has 2 aromatic rings. The Morgan fingerprint density at radius 2 is 0.876 bits per heavy atom. The Morgan fingerprint density at radius 1 is 0.423 bits per heavy atom. The van der Waals surface area contributed by atoms with Crippen LogP contribution in [0.2, 0.25) is 0 Å². The number of halogens is 1. The highest BCUT2D eigenvalue weighted by atomic mass is 127. The van der Waals surface area contributed by atoms with Crippen LogP contribution in [0.5, 0.6) is 5.75 Å². The van der Waals surface area contributed by atoms with Gasteiger partial charge >= 0.3 is 53.8 Å². The summed E-state index contributed by atoms with van der Waals surface area (Å²) in [4.78, 5) is 181. The molecule has 1 aliphatic heterocycles. The first kappa shape index (κ1) is 82.4. The molecule has 0 aliphatic carbocycles. The zero-order valence-electron chi connectivity index (χ0n) is 53.7. The summed E-state index contributed by atoms with van der Waals surface area (Å²) in [5.74, 6) is -13.7. The molecule has 0 saturated carbocycles. The molecule has 16 N–H and O–H groups in total. The summed E-state index contributed by atoms with van der Waals surface area (Å²) in [6.07, 6.45) is 1.85. The number of phenolic OH excluding ortho intramolecular Hbond substituents is 1. The molecule has 0 spiro atoms. The fourth-order valence-electron chi connectivity index (χ4n) is 10.4. The summed E-state index contributed by atoms with van der Waals surface area (Å²) >= 11 is 1.80. The molecule has 1 aliphatic rings. The molecule has 35 heteroatoms. The number of carboxylic acids is 8. The van der Waals surface area contributed by atoms with Crippen molar-refractivity contribution in [3.63, 3.8) is 0 Å². The number of nitrogens with one attached hydrogen (secondary N) is 7. The second-order valence-electron chi connectivity index (χ2n) is 23.2. The quantitative estimate of drug-likeness (QED) is 0.0310. The minimum absolute atomic E-state index is 0.0111. The molecule has 7 amide bonds. The Kier molecular flexibility index (Phi) is 38.1. The molecule has 538 valence electrons. The predicted molar refractivity (Wildman–Crippen MR) is 351 cm³/mol. The van der Waals surface area contributed by atoms with Crippen molar-refractivity contribution < 1.29 is 113 Å². The molecule has 6 atom stereocenters. The number of aromatic hydroxyl groups is 1. The van der Waals surface area contributed by atoms with Crippen molar-refractivity contribution in [1.82, 2.24) is 56.8 Å². The molecule has 1 saturated heterocycles. The second kappa shape index (κ2) is 44.8. The van der Waals surface area contributed by atoms with Gasteiger partial charge in [-0.1, -0.05) is 49.2 Å². The average molecular weight is 1480 g/mol. The molecule has 1 heterocycles. The molecule has 0 aromatic heterocycles. The van der Waals surface area contributed by atoms with Crippen molar-refractivity contribution in [2.24, 2.45) is 0 Å². The van der Waals surface area contributed by atoms with Gasteiger partial charge in [-0.3, -0.25) is 67.5 Å². The van der Waals surface area contributed by atoms with Crippen LogP contribution in [0.1, 0.15) is 120 Å². The van der Waals surface area contributed by atoms with Crippen molar-refractivity contribution >= 4 is 106 Å². The number of hydrogen-bond acceptors (Lipinski definition) is 19. The van der Waals surface area contributed by atoms with Gasteiger partial charge in [-0.25, -0.2) is 19.2 Å². The van der Waals surface area contributed by atoms with Crippen molar-refractivity contribution in [2.75, 3.05) is 85.1 Å². The number of nitrogens with zero attached hydrogens (tertiary/aromatic N) is 4. The van der Waals surface area contributed by atoms with Crippen LogP contribution >= 0.6 is 22.6 Å². The van der Waals surface area contributed by atoms with Gasteiger partial charge in [-0.2, -0.15) is 0 Å². The first-order valence-corrected chi connectivity index (χ1v) is 32.8. The average Bonchev–Trinajstić information content (AvgIpc) is 0.879. The van der Waals surface area contributed by atoms with E-state index >= 15 is 0 Å². The Labute approximate surface area is 572 Å². The van der Waals surface area contributed by atoms with Gasteiger partial charge < -0.3 is 83.2 Å². The molecule has 3 rings (SSSR count). The number of unbranched alkanes of at least 4 members (excludes halogenated alkanes) is 5. The summed E-state index contributed by atoms with van der Waals surface area (Å²) < 4.78 is 0.267. The number of amides is 7. The third-order valence-corrected chi connectivity index (χ3v) is 16.5. The van der Waals surface area contributed by atoms with Crippen LogP contribution in [0.25, 0.3) is 0 Å². The van der Waals surface area contributed by atoms with Gasteiger partial charge in [0, 0.05) is 97.6 Å². The number of carbonyl (C=O) groups excluding carboxylic acids is 6. The molecular weight excluding hydrogens is 1390 g/mol. The first-order chi connectivity index (χ1) is 46.0. The van der Waals surface area contributed by atoms with Crippen LogP contribution in [0, 0.1) is 3.57 Å². The largest absolute Gasteiger partial charge is 0.507 e. The number of rotatable bonds is 44. The van der Waals surface area contributed by atoms with Gasteiger partial charge in [0.05, 0.1) is 23.2 Å². The SMILES string of the molecule is O=C(O)CC[C@H](NC(=O)N[C@@H](CCCCNC(=O)CCCCCCC(=O)NCCCCC(NC(=O)[C@H](Cc1ccccc1)NC(=O)[C@@H](NC(=O)CCC(C(=O)O)N1CCN(CC(=O)O)CCN(CC(=O)O)CCN(CC(=O)O)CC1)c1ccc(O)c(I)c1)C(=O)O)C(=O)O)C(=O)O. The lowest BCUT2D eigenvalue weighted by molar-refractivity contribution is -0.145. The van der Waals surface area contributed by atoms with E-state index in [1.54, 1.807) is 57.8 Å². The molecule has 2 unspecified atom stereocenters. The number of aliphatic carboxylic acids is 8. The van der Waals surface area contributed by atoms with E-state index in [9.17, 15) is 108 Å². The van der Waals surface area contributed by atoms with E-state index in [1.165, 1.54) is 32.9 Å². The Hall–Kier alpha value is -8.81. The van der Waals surface area contributed by atoms with E-state index in [1.807, 2.05) is 0 Å². The number of urea groups is 1. The van der Waals surface area contributed by atoms with E-state index in [2.05, 4.69) is 37.2 Å². The third kappa shape index (κ3) is 34.6. The van der Waals surface area contributed by atoms with E-state index < -0.39 is 147 Å². The van der Waals surface area contributed by atoms with Crippen LogP contribution in [0.3, 0.4) is 0 Å². The normalized spacial score (nSPS) is 15.4. The molecule has 0 bridgehead atoms. The summed E-state index contributed by atoms with van der Waals surface area (Å²) in [6, 6.07) is 2.56. The Bertz CT molecular complexity index is 2950. The third-order valence-electron chi connectivity index (χ3n) is 15.6. The summed E-state index contributed by atoms with van der Waals surface area (Å²) in [7, 11) is 0. The molecule has 34 nitrogen and oxygen atoms in total. The summed E-state index contributed by atoms with van der Waals surface area (Å²) in [5, 5.41) is 105. The fourth-order valence-corrected chi connectivity index (χ4v) is 10.9. The van der Waals surface area contributed by atoms with Gasteiger partial charge in [0.1, 0.15) is 42.0 Å². The van der Waals surface area contributed by atoms with Crippen LogP contribution in [0.4, 0.5) is 4.79 Å². The highest BCUT2D eigenvalue weighted by molar-refractivity contribution is 14.1. The molecule has 1 fully saturated rings. The van der Waals surface area contributed by atoms with E-state index in [4.69, 9.17) is 5.11 Å². The molecule has 0 radical (unpaired) electrons. The smallest absolute Gasteiger partial charge is 0.326 e. The van der Waals surface area contributed by atoms with Gasteiger partial charge in [0.15, 0.2) is 0 Å². The first-order valence-electron chi connectivity index (χ1n) is 31.7. The predicted octanol–water partition coefficient (Wildman–Crippen LogP) is 0.144. The summed E-state index contributed by atoms with van der Waals surface area (Å²) in [6.45, 7) is -0.732. The highest BCUT2D eigenvalue weighted by Crippen LogP contribution is 2.25. The number of carboxylic acid groups (broad SMARTS) is 8. The van der Waals surface area contributed by atoms with Crippen molar-refractivity contribution in [3.05, 3.63) is 63.2 Å². The second-order valence-corrected chi connectivity index (χ2v) is 24.4. The van der Waals surface area contributed by atoms with Crippen molar-refractivity contribution in [1.29, 1.82) is 0 Å². The minimum Gasteiger partial charge on any atom is -0.507 e. The van der Waals surface area contributed by atoms with Gasteiger partial charge in [0.25, 0.3) is 0 Å². The standard InChI is InChI=1S/C62H90IN11O23/c63-41-35-40(18-21-47(41)75)55(70-50(78)22-20-46(61(95)96)74-32-30-72(37-53(83)84)28-26-71(36-52(81)82)27-29-73(31-33-74)38-54(85)86)57(88)67-45(34-39-12-4-3-5-13-39)56(87)66-42(58(89)90)14-8-10-24-64-48(76)16-6-1-2-7-17-49(77)65-25-11-9-15-43(59(91)92)68-62(97)69-44(60(93)94)19-23-51(79)80/h3-5,12-13,18,21,35,42-46,55,75H,1-2,6-11,14-17,19-20,22-34,36-38H2,(H,64,76)(H,65,77)(H,66,87)(H,67,88)(H,70,78)(H,79,80)(H,81,82)(H,83,84)(H,85,86)(H,89,90)(H,91,92)(H,93,94)(H,95,96)(H2,68,69,97)/t42?,43-,44-,45-,46?,55-/m0/s1. The minimum atomic E-state index is -1.58. The number of benzene rings is 2. The maximum Gasteiger partial charge on any atom is 0.326 e. The molecular formula is C62H90IN11O23. The van der Waals surface area contributed by atoms with Gasteiger partial charge in [-0.05, 0) is 110 Å². The number of carbonyl (C=O) groups is 14. The Morgan fingerprint density at radius 3 is 1.32 bits per heavy atom. The zero-order valence-corrected chi connectivity index (χ0v) is 55.9. The van der Waals surface area contributed by atoms with Crippen LogP contribution < -0.4 is 37.2 Å². The number of phenols is 1. The van der Waals surface area contributed by atoms with E-state index in [-0.39, 0.29) is 144 Å². The molecule has 97 heavy (non-hydrogen) atoms. The van der Waals surface area contributed by atoms with Crippen LogP contribution in [-0.2, 0) is 68.7 Å². The number of hydrogen-bond donors (Lipinski definition) is 16. The van der Waals surface area contributed by atoms with Crippen molar-refractivity contribution in [3.8, 4) is 5.75 Å². The monoisotopic (exact) mass is 1480 g/mol. The van der Waals surface area contributed by atoms with Gasteiger partial charge in [-0.15, -0.1) is 0 Å². The maximum atomic E-state index is 14.5. The van der Waals surface area contributed by atoms with E-state index in [0.717, 1.165) is 0 Å². The van der Waals surface area contributed by atoms with Crippen LogP contribution in [-0.4, -0.2) is 264 Å². The van der Waals surface area contributed by atoms with Crippen molar-refractivity contribution in [2.45, 2.75) is 145 Å². The Balaban J connectivity index is 1.57. The van der Waals surface area contributed by atoms with Crippen LogP contribution in [0.15, 0.2) is 48.5 Å². The highest BCUT2D eigenvalue weighted by Gasteiger charge is 2.34. The fraction of sp³-hybridized carbons (Fsp3) is 0.581. The lowest BCUT2D eigenvalue weighted by Crippen LogP contribution is -2.54. The lowest BCUT2D eigenvalue weighted by Gasteiger charge is -2.35. The lowest BCUT2D eigenvalue weighted by atomic mass is 10.0. The molecule has 2 aromatic carbocycles. The van der Waals surface area contributed by atoms with E-state index in [0.29, 0.717) is 44.1 Å².